The number of fused-ring (bicyclic) bond motifs is 10. The van der Waals surface area contributed by atoms with Crippen LogP contribution in [0.2, 0.25) is 0 Å². The molecule has 0 atom stereocenters. The summed E-state index contributed by atoms with van der Waals surface area (Å²) in [6, 6.07) is 71.7. The van der Waals surface area contributed by atoms with E-state index in [2.05, 4.69) is 203 Å². The maximum absolute atomic E-state index is 2.46. The highest BCUT2D eigenvalue weighted by Crippen LogP contribution is 2.42. The second-order valence-electron chi connectivity index (χ2n) is 14.9. The third-order valence-corrected chi connectivity index (χ3v) is 11.9. The molecule has 2 nitrogen and oxygen atoms in total. The van der Waals surface area contributed by atoms with Crippen LogP contribution in [-0.4, -0.2) is 9.13 Å². The monoisotopic (exact) mass is 698 g/mol. The highest BCUT2D eigenvalue weighted by atomic mass is 15.0. The van der Waals surface area contributed by atoms with E-state index in [0.717, 1.165) is 6.42 Å². The summed E-state index contributed by atoms with van der Waals surface area (Å²) < 4.78 is 4.90. The molecule has 0 saturated carbocycles. The molecular formula is C53H34N2. The summed E-state index contributed by atoms with van der Waals surface area (Å²) in [5.41, 5.74) is 17.7. The fourth-order valence-electron chi connectivity index (χ4n) is 9.44. The van der Waals surface area contributed by atoms with Crippen LogP contribution in [0, 0.1) is 0 Å². The van der Waals surface area contributed by atoms with E-state index in [4.69, 9.17) is 0 Å². The molecule has 2 heterocycles. The van der Waals surface area contributed by atoms with E-state index >= 15 is 0 Å². The predicted molar refractivity (Wildman–Crippen MR) is 232 cm³/mol. The second-order valence-corrected chi connectivity index (χ2v) is 14.9. The summed E-state index contributed by atoms with van der Waals surface area (Å²) in [7, 11) is 0. The van der Waals surface area contributed by atoms with Gasteiger partial charge in [0.1, 0.15) is 0 Å². The van der Waals surface area contributed by atoms with E-state index in [9.17, 15) is 0 Å². The average molecular weight is 699 g/mol. The molecule has 1 aliphatic carbocycles. The fourth-order valence-corrected chi connectivity index (χ4v) is 9.44. The van der Waals surface area contributed by atoms with Gasteiger partial charge in [0.2, 0.25) is 0 Å². The zero-order valence-electron chi connectivity index (χ0n) is 30.1. The van der Waals surface area contributed by atoms with Gasteiger partial charge in [-0.25, -0.2) is 0 Å². The fraction of sp³-hybridized carbons (Fsp3) is 0.0189. The number of hydrogen-bond acceptors (Lipinski definition) is 0. The Kier molecular flexibility index (Phi) is 6.43. The highest BCUT2D eigenvalue weighted by molar-refractivity contribution is 6.14. The lowest BCUT2D eigenvalue weighted by Crippen LogP contribution is -1.96. The molecule has 0 fully saturated rings. The van der Waals surface area contributed by atoms with Crippen LogP contribution in [0.4, 0.5) is 0 Å². The van der Waals surface area contributed by atoms with Gasteiger partial charge in [-0.05, 0) is 111 Å². The van der Waals surface area contributed by atoms with Crippen molar-refractivity contribution in [3.05, 3.63) is 205 Å². The number of nitrogens with zero attached hydrogens (tertiary/aromatic N) is 2. The van der Waals surface area contributed by atoms with Gasteiger partial charge in [-0.15, -0.1) is 0 Å². The van der Waals surface area contributed by atoms with E-state index in [-0.39, 0.29) is 0 Å². The van der Waals surface area contributed by atoms with Crippen LogP contribution in [0.25, 0.3) is 99.1 Å². The minimum absolute atomic E-state index is 1.00. The van der Waals surface area contributed by atoms with Crippen molar-refractivity contribution in [1.29, 1.82) is 0 Å². The van der Waals surface area contributed by atoms with E-state index in [0.29, 0.717) is 0 Å². The first-order valence-corrected chi connectivity index (χ1v) is 19.1. The van der Waals surface area contributed by atoms with Gasteiger partial charge in [-0.2, -0.15) is 0 Å². The van der Waals surface area contributed by atoms with Crippen molar-refractivity contribution in [3.8, 4) is 44.8 Å². The molecule has 9 aromatic carbocycles. The summed E-state index contributed by atoms with van der Waals surface area (Å²) in [5.74, 6) is 0. The van der Waals surface area contributed by atoms with Gasteiger partial charge in [0.25, 0.3) is 0 Å². The van der Waals surface area contributed by atoms with Gasteiger partial charge in [-0.1, -0.05) is 140 Å². The Balaban J connectivity index is 1.02. The topological polar surface area (TPSA) is 9.86 Å². The van der Waals surface area contributed by atoms with Crippen molar-refractivity contribution >= 4 is 54.4 Å². The Bertz CT molecular complexity index is 3340. The van der Waals surface area contributed by atoms with Crippen LogP contribution >= 0.6 is 0 Å². The number of para-hydroxylation sites is 2. The quantitative estimate of drug-likeness (QED) is 0.173. The number of aromatic nitrogens is 2. The molecular weight excluding hydrogens is 665 g/mol. The summed E-state index contributed by atoms with van der Waals surface area (Å²) in [4.78, 5) is 0. The first-order valence-electron chi connectivity index (χ1n) is 19.1. The predicted octanol–water partition coefficient (Wildman–Crippen LogP) is 13.9. The Hall–Kier alpha value is -7.16. The standard InChI is InChI=1S/C53H34N2/c1-2-12-34(13-3-1)41-26-29-51(43-17-7-6-16-42(41)43)55-50-21-11-9-19-45(50)48-32-36(24-28-53(48)55)35-23-27-52-47(31-35)44-18-8-10-20-49(44)54(52)39-25-22-38-30-37-14-4-5-15-40(37)46(38)33-39/h1-29,31-33H,30H2. The van der Waals surface area contributed by atoms with Crippen LogP contribution in [0.5, 0.6) is 0 Å². The Morgan fingerprint density at radius 2 is 0.855 bits per heavy atom. The molecule has 0 saturated heterocycles. The summed E-state index contributed by atoms with van der Waals surface area (Å²) in [6.07, 6.45) is 1.00. The van der Waals surface area contributed by atoms with Crippen LogP contribution in [0.1, 0.15) is 11.1 Å². The van der Waals surface area contributed by atoms with Gasteiger partial charge < -0.3 is 9.13 Å². The van der Waals surface area contributed by atoms with Crippen LogP contribution < -0.4 is 0 Å². The Morgan fingerprint density at radius 3 is 1.60 bits per heavy atom. The maximum Gasteiger partial charge on any atom is 0.0541 e. The van der Waals surface area contributed by atoms with Gasteiger partial charge in [-0.3, -0.25) is 0 Å². The Morgan fingerprint density at radius 1 is 0.291 bits per heavy atom. The lowest BCUT2D eigenvalue weighted by molar-refractivity contribution is 1.17. The van der Waals surface area contributed by atoms with Gasteiger partial charge in [0.15, 0.2) is 0 Å². The molecule has 0 spiro atoms. The Labute approximate surface area is 318 Å². The zero-order valence-corrected chi connectivity index (χ0v) is 30.1. The average Bonchev–Trinajstić information content (AvgIpc) is 3.90. The molecule has 1 aliphatic rings. The van der Waals surface area contributed by atoms with E-state index < -0.39 is 0 Å². The van der Waals surface area contributed by atoms with E-state index in [1.807, 2.05) is 0 Å². The number of benzene rings is 9. The molecule has 55 heavy (non-hydrogen) atoms. The van der Waals surface area contributed by atoms with Crippen molar-refractivity contribution < 1.29 is 0 Å². The molecule has 0 radical (unpaired) electrons. The minimum Gasteiger partial charge on any atom is -0.309 e. The van der Waals surface area contributed by atoms with Crippen LogP contribution in [0.3, 0.4) is 0 Å². The SMILES string of the molecule is c1ccc(-c2ccc(-n3c4ccccc4c4cc(-c5ccc6c(c5)c5ccccc5n6-c5ccc6c(c5)-c5ccccc5C6)ccc43)c3ccccc23)cc1. The van der Waals surface area contributed by atoms with Crippen molar-refractivity contribution in [2.24, 2.45) is 0 Å². The zero-order chi connectivity index (χ0) is 36.0. The first kappa shape index (κ1) is 30.3. The molecule has 2 aromatic heterocycles. The van der Waals surface area contributed by atoms with Gasteiger partial charge >= 0.3 is 0 Å². The summed E-state index contributed by atoms with van der Waals surface area (Å²) >= 11 is 0. The molecule has 0 amide bonds. The molecule has 0 bridgehead atoms. The molecule has 0 N–H and O–H groups in total. The number of hydrogen-bond donors (Lipinski definition) is 0. The third kappa shape index (κ3) is 4.49. The summed E-state index contributed by atoms with van der Waals surface area (Å²) in [6.45, 7) is 0. The minimum atomic E-state index is 1.00. The largest absolute Gasteiger partial charge is 0.309 e. The normalized spacial score (nSPS) is 12.3. The van der Waals surface area contributed by atoms with Crippen molar-refractivity contribution in [2.45, 2.75) is 6.42 Å². The second kappa shape index (κ2) is 11.7. The van der Waals surface area contributed by atoms with Crippen LogP contribution in [0.15, 0.2) is 194 Å². The molecule has 0 aliphatic heterocycles. The van der Waals surface area contributed by atoms with E-state index in [1.54, 1.807) is 0 Å². The van der Waals surface area contributed by atoms with Crippen molar-refractivity contribution in [2.75, 3.05) is 0 Å². The molecule has 0 unspecified atom stereocenters. The molecule has 12 rings (SSSR count). The third-order valence-electron chi connectivity index (χ3n) is 11.9. The molecule has 11 aromatic rings. The van der Waals surface area contributed by atoms with Crippen molar-refractivity contribution in [1.82, 2.24) is 9.13 Å². The number of rotatable bonds is 4. The molecule has 256 valence electrons. The summed E-state index contributed by atoms with van der Waals surface area (Å²) in [5, 5.41) is 7.54. The van der Waals surface area contributed by atoms with Gasteiger partial charge in [0.05, 0.1) is 27.8 Å². The van der Waals surface area contributed by atoms with E-state index in [1.165, 1.54) is 110 Å². The maximum atomic E-state index is 2.46. The van der Waals surface area contributed by atoms with Gasteiger partial charge in [0, 0.05) is 32.6 Å². The highest BCUT2D eigenvalue weighted by Gasteiger charge is 2.21. The molecule has 2 heteroatoms. The smallest absolute Gasteiger partial charge is 0.0541 e. The first-order chi connectivity index (χ1) is 27.3. The van der Waals surface area contributed by atoms with Crippen LogP contribution in [-0.2, 0) is 6.42 Å². The lowest BCUT2D eigenvalue weighted by atomic mass is 9.97. The lowest BCUT2D eigenvalue weighted by Gasteiger charge is -2.15. The van der Waals surface area contributed by atoms with Crippen molar-refractivity contribution in [3.63, 3.8) is 0 Å².